The Balaban J connectivity index is 2.23. The van der Waals surface area contributed by atoms with E-state index in [1.165, 1.54) is 6.07 Å². The standard InChI is InChI=1S/C17H18Br2ClNO2S/c1-2-13-10-15(8-9-16(13)20)24(22,23)21-12-17(19,11-18)14-6-4-3-5-7-14/h3-10,21H,2,11-12H2,1H3. The molecule has 0 spiro atoms. The van der Waals surface area contributed by atoms with E-state index in [9.17, 15) is 8.42 Å². The molecule has 7 heteroatoms. The summed E-state index contributed by atoms with van der Waals surface area (Å²) in [5, 5.41) is 1.14. The van der Waals surface area contributed by atoms with Gasteiger partial charge in [-0.05, 0) is 35.7 Å². The van der Waals surface area contributed by atoms with Crippen molar-refractivity contribution in [1.82, 2.24) is 4.72 Å². The Kier molecular flexibility index (Phi) is 6.90. The van der Waals surface area contributed by atoms with Gasteiger partial charge in [0.25, 0.3) is 0 Å². The minimum atomic E-state index is -3.62. The second kappa shape index (κ2) is 8.32. The molecule has 0 aliphatic rings. The van der Waals surface area contributed by atoms with Crippen LogP contribution in [0.2, 0.25) is 5.02 Å². The summed E-state index contributed by atoms with van der Waals surface area (Å²) >= 11 is 13.2. The molecule has 0 saturated heterocycles. The zero-order valence-electron chi connectivity index (χ0n) is 13.1. The van der Waals surface area contributed by atoms with E-state index in [2.05, 4.69) is 36.6 Å². The topological polar surface area (TPSA) is 46.2 Å². The summed E-state index contributed by atoms with van der Waals surface area (Å²) in [4.78, 5) is 0.223. The Morgan fingerprint density at radius 2 is 1.83 bits per heavy atom. The fraction of sp³-hybridized carbons (Fsp3) is 0.294. The summed E-state index contributed by atoms with van der Waals surface area (Å²) in [6.07, 6.45) is 0.677. The Bertz CT molecular complexity index is 799. The first-order chi connectivity index (χ1) is 11.3. The maximum absolute atomic E-state index is 12.6. The molecule has 130 valence electrons. The van der Waals surface area contributed by atoms with Crippen LogP contribution in [-0.4, -0.2) is 20.3 Å². The zero-order valence-corrected chi connectivity index (χ0v) is 17.8. The molecule has 2 aromatic rings. The molecule has 0 radical (unpaired) electrons. The summed E-state index contributed by atoms with van der Waals surface area (Å²) in [5.74, 6) is 0. The van der Waals surface area contributed by atoms with E-state index in [1.807, 2.05) is 37.3 Å². The molecule has 1 atom stereocenters. The van der Waals surface area contributed by atoms with Gasteiger partial charge in [-0.1, -0.05) is 80.7 Å². The molecule has 0 bridgehead atoms. The number of benzene rings is 2. The third-order valence-corrected chi connectivity index (χ3v) is 8.25. The van der Waals surface area contributed by atoms with Crippen molar-refractivity contribution in [1.29, 1.82) is 0 Å². The van der Waals surface area contributed by atoms with E-state index >= 15 is 0 Å². The van der Waals surface area contributed by atoms with Crippen LogP contribution in [0.1, 0.15) is 18.1 Å². The van der Waals surface area contributed by atoms with Gasteiger partial charge in [0.2, 0.25) is 10.0 Å². The lowest BCUT2D eigenvalue weighted by molar-refractivity contribution is 0.571. The number of aryl methyl sites for hydroxylation is 1. The summed E-state index contributed by atoms with van der Waals surface area (Å²) in [6.45, 7) is 2.16. The van der Waals surface area contributed by atoms with Crippen LogP contribution < -0.4 is 4.72 Å². The molecule has 0 fully saturated rings. The van der Waals surface area contributed by atoms with Crippen LogP contribution in [0.25, 0.3) is 0 Å². The van der Waals surface area contributed by atoms with E-state index in [4.69, 9.17) is 11.6 Å². The Morgan fingerprint density at radius 3 is 2.42 bits per heavy atom. The molecule has 0 aliphatic heterocycles. The van der Waals surface area contributed by atoms with Gasteiger partial charge < -0.3 is 0 Å². The van der Waals surface area contributed by atoms with Gasteiger partial charge in [-0.2, -0.15) is 0 Å². The first-order valence-electron chi connectivity index (χ1n) is 7.41. The lowest BCUT2D eigenvalue weighted by Gasteiger charge is -2.26. The van der Waals surface area contributed by atoms with Crippen molar-refractivity contribution in [2.24, 2.45) is 0 Å². The van der Waals surface area contributed by atoms with Crippen LogP contribution in [0.3, 0.4) is 0 Å². The normalized spacial score (nSPS) is 14.3. The quantitative estimate of drug-likeness (QED) is 0.558. The average Bonchev–Trinajstić information content (AvgIpc) is 2.60. The second-order valence-corrected chi connectivity index (χ2v) is 9.65. The first-order valence-corrected chi connectivity index (χ1v) is 11.2. The van der Waals surface area contributed by atoms with E-state index in [1.54, 1.807) is 12.1 Å². The van der Waals surface area contributed by atoms with Crippen LogP contribution in [0.4, 0.5) is 0 Å². The summed E-state index contributed by atoms with van der Waals surface area (Å²) < 4.78 is 27.4. The number of sulfonamides is 1. The number of alkyl halides is 2. The third-order valence-electron chi connectivity index (χ3n) is 3.75. The van der Waals surface area contributed by atoms with Crippen molar-refractivity contribution in [3.05, 3.63) is 64.7 Å². The van der Waals surface area contributed by atoms with Crippen molar-refractivity contribution in [3.8, 4) is 0 Å². The molecule has 2 rings (SSSR count). The molecule has 0 aliphatic carbocycles. The lowest BCUT2D eigenvalue weighted by Crippen LogP contribution is -2.37. The van der Waals surface area contributed by atoms with Gasteiger partial charge in [0.05, 0.1) is 9.22 Å². The van der Waals surface area contributed by atoms with Gasteiger partial charge in [0.15, 0.2) is 0 Å². The van der Waals surface area contributed by atoms with E-state index in [-0.39, 0.29) is 11.4 Å². The monoisotopic (exact) mass is 493 g/mol. The fourth-order valence-electron chi connectivity index (χ4n) is 2.25. The lowest BCUT2D eigenvalue weighted by atomic mass is 10.0. The molecule has 2 aromatic carbocycles. The highest BCUT2D eigenvalue weighted by molar-refractivity contribution is 9.12. The number of hydrogen-bond acceptors (Lipinski definition) is 2. The van der Waals surface area contributed by atoms with Crippen LogP contribution in [0, 0.1) is 0 Å². The van der Waals surface area contributed by atoms with Crippen LogP contribution in [0.15, 0.2) is 53.4 Å². The molecular weight excluding hydrogens is 478 g/mol. The molecule has 0 heterocycles. The first kappa shape index (κ1) is 19.9. The molecule has 0 aromatic heterocycles. The van der Waals surface area contributed by atoms with Crippen molar-refractivity contribution in [2.75, 3.05) is 11.9 Å². The largest absolute Gasteiger partial charge is 0.240 e. The van der Waals surface area contributed by atoms with Crippen molar-refractivity contribution in [2.45, 2.75) is 22.6 Å². The summed E-state index contributed by atoms with van der Waals surface area (Å²) in [5.41, 5.74) is 1.81. The number of halogens is 3. The minimum Gasteiger partial charge on any atom is -0.209 e. The Labute approximate surface area is 165 Å². The molecule has 24 heavy (non-hydrogen) atoms. The maximum Gasteiger partial charge on any atom is 0.240 e. The zero-order chi connectivity index (χ0) is 17.8. The van der Waals surface area contributed by atoms with Crippen molar-refractivity contribution < 1.29 is 8.42 Å². The van der Waals surface area contributed by atoms with Crippen LogP contribution >= 0.6 is 43.5 Å². The smallest absolute Gasteiger partial charge is 0.209 e. The van der Waals surface area contributed by atoms with Crippen LogP contribution in [-0.2, 0) is 20.8 Å². The van der Waals surface area contributed by atoms with Gasteiger partial charge in [0, 0.05) is 16.9 Å². The van der Waals surface area contributed by atoms with Gasteiger partial charge in [0.1, 0.15) is 0 Å². The Morgan fingerprint density at radius 1 is 1.17 bits per heavy atom. The maximum atomic E-state index is 12.6. The fourth-order valence-corrected chi connectivity index (χ4v) is 4.76. The molecule has 0 amide bonds. The van der Waals surface area contributed by atoms with Gasteiger partial charge in [-0.25, -0.2) is 13.1 Å². The third kappa shape index (κ3) is 4.61. The van der Waals surface area contributed by atoms with E-state index in [0.29, 0.717) is 16.8 Å². The molecule has 1 unspecified atom stereocenters. The second-order valence-electron chi connectivity index (χ2n) is 5.40. The molecule has 1 N–H and O–H groups in total. The van der Waals surface area contributed by atoms with Gasteiger partial charge in [-0.3, -0.25) is 0 Å². The predicted molar refractivity (Wildman–Crippen MR) is 107 cm³/mol. The van der Waals surface area contributed by atoms with Gasteiger partial charge in [-0.15, -0.1) is 0 Å². The highest BCUT2D eigenvalue weighted by Gasteiger charge is 2.30. The Hall–Kier alpha value is -0.400. The summed E-state index contributed by atoms with van der Waals surface area (Å²) in [7, 11) is -3.62. The van der Waals surface area contributed by atoms with Crippen molar-refractivity contribution in [3.63, 3.8) is 0 Å². The SMILES string of the molecule is CCc1cc(S(=O)(=O)NCC(Br)(CBr)c2ccccc2)ccc1Cl. The molecule has 3 nitrogen and oxygen atoms in total. The van der Waals surface area contributed by atoms with Crippen LogP contribution in [0.5, 0.6) is 0 Å². The number of hydrogen-bond donors (Lipinski definition) is 1. The molecule has 0 saturated carbocycles. The predicted octanol–water partition coefficient (Wildman–Crippen LogP) is 4.87. The number of rotatable bonds is 7. The summed E-state index contributed by atoms with van der Waals surface area (Å²) in [6, 6.07) is 14.5. The highest BCUT2D eigenvalue weighted by Crippen LogP contribution is 2.33. The number of nitrogens with one attached hydrogen (secondary N) is 1. The molecular formula is C17H18Br2ClNO2S. The van der Waals surface area contributed by atoms with E-state index in [0.717, 1.165) is 11.1 Å². The van der Waals surface area contributed by atoms with Gasteiger partial charge >= 0.3 is 0 Å². The van der Waals surface area contributed by atoms with Crippen molar-refractivity contribution >= 4 is 53.5 Å². The minimum absolute atomic E-state index is 0.217. The highest BCUT2D eigenvalue weighted by atomic mass is 79.9. The average molecular weight is 496 g/mol. The van der Waals surface area contributed by atoms with E-state index < -0.39 is 14.3 Å².